The van der Waals surface area contributed by atoms with E-state index in [-0.39, 0.29) is 6.04 Å². The SMILES string of the molecule is CCNC(c1cccc(I)c1)c1ccn(C)n1. The average molecular weight is 341 g/mol. The Morgan fingerprint density at radius 3 is 2.82 bits per heavy atom. The molecule has 1 atom stereocenters. The third-order valence-corrected chi connectivity index (χ3v) is 3.29. The van der Waals surface area contributed by atoms with Crippen molar-refractivity contribution in [2.24, 2.45) is 7.05 Å². The van der Waals surface area contributed by atoms with Crippen LogP contribution in [0.2, 0.25) is 0 Å². The second-order valence-corrected chi connectivity index (χ2v) is 5.21. The van der Waals surface area contributed by atoms with Crippen LogP contribution in [0, 0.1) is 3.57 Å². The predicted octanol–water partition coefficient (Wildman–Crippen LogP) is 2.72. The van der Waals surface area contributed by atoms with Gasteiger partial charge in [-0.3, -0.25) is 4.68 Å². The number of aryl methyl sites for hydroxylation is 1. The Morgan fingerprint density at radius 2 is 2.24 bits per heavy atom. The largest absolute Gasteiger partial charge is 0.305 e. The predicted molar refractivity (Wildman–Crippen MR) is 77.9 cm³/mol. The molecule has 0 aliphatic heterocycles. The highest BCUT2D eigenvalue weighted by Crippen LogP contribution is 2.21. The molecule has 4 heteroatoms. The van der Waals surface area contributed by atoms with Gasteiger partial charge in [-0.1, -0.05) is 19.1 Å². The summed E-state index contributed by atoms with van der Waals surface area (Å²) in [4.78, 5) is 0. The van der Waals surface area contributed by atoms with Crippen molar-refractivity contribution in [3.63, 3.8) is 0 Å². The smallest absolute Gasteiger partial charge is 0.0839 e. The molecule has 2 rings (SSSR count). The highest BCUT2D eigenvalue weighted by Gasteiger charge is 2.15. The van der Waals surface area contributed by atoms with Gasteiger partial charge in [0.25, 0.3) is 0 Å². The molecule has 0 saturated carbocycles. The lowest BCUT2D eigenvalue weighted by Crippen LogP contribution is -2.22. The summed E-state index contributed by atoms with van der Waals surface area (Å²) in [6.45, 7) is 3.04. The number of hydrogen-bond donors (Lipinski definition) is 1. The quantitative estimate of drug-likeness (QED) is 0.867. The second-order valence-electron chi connectivity index (χ2n) is 3.96. The summed E-state index contributed by atoms with van der Waals surface area (Å²) in [6.07, 6.45) is 1.98. The Kier molecular flexibility index (Phi) is 4.17. The van der Waals surface area contributed by atoms with Gasteiger partial charge >= 0.3 is 0 Å². The Morgan fingerprint density at radius 1 is 1.41 bits per heavy atom. The number of hydrogen-bond acceptors (Lipinski definition) is 2. The first-order valence-corrected chi connectivity index (χ1v) is 6.77. The van der Waals surface area contributed by atoms with Crippen LogP contribution in [0.25, 0.3) is 0 Å². The summed E-state index contributed by atoms with van der Waals surface area (Å²) in [5, 5.41) is 7.96. The van der Waals surface area contributed by atoms with Crippen molar-refractivity contribution in [3.8, 4) is 0 Å². The Hall–Kier alpha value is -0.880. The number of rotatable bonds is 4. The first kappa shape index (κ1) is 12.6. The molecule has 17 heavy (non-hydrogen) atoms. The van der Waals surface area contributed by atoms with Crippen molar-refractivity contribution in [2.45, 2.75) is 13.0 Å². The van der Waals surface area contributed by atoms with E-state index in [1.165, 1.54) is 9.13 Å². The summed E-state index contributed by atoms with van der Waals surface area (Å²) < 4.78 is 3.09. The fourth-order valence-electron chi connectivity index (χ4n) is 1.87. The molecule has 90 valence electrons. The Balaban J connectivity index is 2.35. The van der Waals surface area contributed by atoms with E-state index in [2.05, 4.69) is 70.3 Å². The lowest BCUT2D eigenvalue weighted by molar-refractivity contribution is 0.599. The molecule has 1 unspecified atom stereocenters. The van der Waals surface area contributed by atoms with Gasteiger partial charge in [0, 0.05) is 16.8 Å². The highest BCUT2D eigenvalue weighted by molar-refractivity contribution is 14.1. The van der Waals surface area contributed by atoms with Gasteiger partial charge in [0.05, 0.1) is 11.7 Å². The third kappa shape index (κ3) is 3.07. The van der Waals surface area contributed by atoms with E-state index < -0.39 is 0 Å². The fraction of sp³-hybridized carbons (Fsp3) is 0.308. The van der Waals surface area contributed by atoms with Crippen LogP contribution in [0.4, 0.5) is 0 Å². The van der Waals surface area contributed by atoms with Gasteiger partial charge < -0.3 is 5.32 Å². The summed E-state index contributed by atoms with van der Waals surface area (Å²) in [7, 11) is 1.95. The van der Waals surface area contributed by atoms with Crippen molar-refractivity contribution in [1.82, 2.24) is 15.1 Å². The first-order chi connectivity index (χ1) is 8.20. The maximum atomic E-state index is 4.49. The molecule has 3 nitrogen and oxygen atoms in total. The normalized spacial score (nSPS) is 12.6. The second kappa shape index (κ2) is 5.64. The molecular formula is C13H16IN3. The number of halogens is 1. The molecule has 1 aromatic heterocycles. The number of nitrogens with zero attached hydrogens (tertiary/aromatic N) is 2. The molecule has 0 saturated heterocycles. The summed E-state index contributed by atoms with van der Waals surface area (Å²) >= 11 is 2.34. The molecule has 1 heterocycles. The van der Waals surface area contributed by atoms with Crippen LogP contribution in [0.15, 0.2) is 36.5 Å². The third-order valence-electron chi connectivity index (χ3n) is 2.62. The molecule has 1 N–H and O–H groups in total. The van der Waals surface area contributed by atoms with E-state index >= 15 is 0 Å². The minimum Gasteiger partial charge on any atom is -0.305 e. The molecular weight excluding hydrogens is 325 g/mol. The maximum absolute atomic E-state index is 4.49. The van der Waals surface area contributed by atoms with Crippen LogP contribution < -0.4 is 5.32 Å². The topological polar surface area (TPSA) is 29.9 Å². The molecule has 0 fully saturated rings. The van der Waals surface area contributed by atoms with Gasteiger partial charge in [0.1, 0.15) is 0 Å². The Bertz CT molecular complexity index is 493. The van der Waals surface area contributed by atoms with Crippen molar-refractivity contribution in [2.75, 3.05) is 6.54 Å². The molecule has 0 bridgehead atoms. The van der Waals surface area contributed by atoms with Crippen LogP contribution >= 0.6 is 22.6 Å². The van der Waals surface area contributed by atoms with Gasteiger partial charge in [0.15, 0.2) is 0 Å². The average Bonchev–Trinajstić information content (AvgIpc) is 2.72. The van der Waals surface area contributed by atoms with Crippen LogP contribution in [0.1, 0.15) is 24.2 Å². The zero-order valence-electron chi connectivity index (χ0n) is 10.0. The highest BCUT2D eigenvalue weighted by atomic mass is 127. The molecule has 2 aromatic rings. The van der Waals surface area contributed by atoms with Crippen molar-refractivity contribution in [1.29, 1.82) is 0 Å². The standard InChI is InChI=1S/C13H16IN3/c1-3-15-13(12-7-8-17(2)16-12)10-5-4-6-11(14)9-10/h4-9,13,15H,3H2,1-2H3. The summed E-state index contributed by atoms with van der Waals surface area (Å²) in [6, 6.07) is 10.8. The van der Waals surface area contributed by atoms with Crippen LogP contribution in [0.3, 0.4) is 0 Å². The van der Waals surface area contributed by atoms with Gasteiger partial charge in [0.2, 0.25) is 0 Å². The van der Waals surface area contributed by atoms with E-state index in [1.54, 1.807) is 0 Å². The first-order valence-electron chi connectivity index (χ1n) is 5.69. The maximum Gasteiger partial charge on any atom is 0.0839 e. The minimum atomic E-state index is 0.177. The fourth-order valence-corrected chi connectivity index (χ4v) is 2.44. The van der Waals surface area contributed by atoms with Gasteiger partial charge in [-0.05, 0) is 52.9 Å². The molecule has 0 radical (unpaired) electrons. The van der Waals surface area contributed by atoms with Crippen LogP contribution in [-0.4, -0.2) is 16.3 Å². The van der Waals surface area contributed by atoms with E-state index in [0.717, 1.165) is 12.2 Å². The van der Waals surface area contributed by atoms with E-state index in [1.807, 2.05) is 17.9 Å². The molecule has 0 aliphatic carbocycles. The molecule has 0 aliphatic rings. The van der Waals surface area contributed by atoms with Crippen LogP contribution in [-0.2, 0) is 7.05 Å². The van der Waals surface area contributed by atoms with E-state index in [4.69, 9.17) is 0 Å². The summed E-state index contributed by atoms with van der Waals surface area (Å²) in [5.74, 6) is 0. The zero-order valence-corrected chi connectivity index (χ0v) is 12.2. The van der Waals surface area contributed by atoms with Crippen molar-refractivity contribution >= 4 is 22.6 Å². The van der Waals surface area contributed by atoms with Gasteiger partial charge in [-0.2, -0.15) is 5.10 Å². The number of nitrogens with one attached hydrogen (secondary N) is 1. The Labute approximate surface area is 115 Å². The van der Waals surface area contributed by atoms with E-state index in [9.17, 15) is 0 Å². The monoisotopic (exact) mass is 341 g/mol. The van der Waals surface area contributed by atoms with Crippen molar-refractivity contribution in [3.05, 3.63) is 51.4 Å². The summed E-state index contributed by atoms with van der Waals surface area (Å²) in [5.41, 5.74) is 2.33. The minimum absolute atomic E-state index is 0.177. The van der Waals surface area contributed by atoms with Crippen molar-refractivity contribution < 1.29 is 0 Å². The lowest BCUT2D eigenvalue weighted by Gasteiger charge is -2.16. The molecule has 0 spiro atoms. The van der Waals surface area contributed by atoms with E-state index in [0.29, 0.717) is 0 Å². The zero-order chi connectivity index (χ0) is 12.3. The van der Waals surface area contributed by atoms with Gasteiger partial charge in [-0.25, -0.2) is 0 Å². The molecule has 1 aromatic carbocycles. The van der Waals surface area contributed by atoms with Gasteiger partial charge in [-0.15, -0.1) is 0 Å². The lowest BCUT2D eigenvalue weighted by atomic mass is 10.0. The number of aromatic nitrogens is 2. The molecule has 0 amide bonds. The number of benzene rings is 1. The van der Waals surface area contributed by atoms with Crippen LogP contribution in [0.5, 0.6) is 0 Å².